The highest BCUT2D eigenvalue weighted by Crippen LogP contribution is 2.14. The fourth-order valence-electron chi connectivity index (χ4n) is 2.39. The number of carbonyl (C=O) groups is 2. The van der Waals surface area contributed by atoms with Crippen LogP contribution in [0.15, 0.2) is 29.1 Å². The Labute approximate surface area is 173 Å². The van der Waals surface area contributed by atoms with Crippen LogP contribution in [0.5, 0.6) is 0 Å². The van der Waals surface area contributed by atoms with Crippen molar-refractivity contribution in [2.24, 2.45) is 11.3 Å². The van der Waals surface area contributed by atoms with Crippen molar-refractivity contribution >= 4 is 35.2 Å². The predicted octanol–water partition coefficient (Wildman–Crippen LogP) is 2.05. The Hall–Kier alpha value is -2.54. The Bertz CT molecular complexity index is 1070. The Morgan fingerprint density at radius 3 is 2.55 bits per heavy atom. The van der Waals surface area contributed by atoms with Gasteiger partial charge in [-0.1, -0.05) is 46.8 Å². The van der Waals surface area contributed by atoms with Gasteiger partial charge in [0.05, 0.1) is 4.53 Å². The third-order valence-corrected chi connectivity index (χ3v) is 5.15. The number of ketones is 1. The Balaban J connectivity index is 2.56. The van der Waals surface area contributed by atoms with Crippen LogP contribution in [-0.4, -0.2) is 22.8 Å². The molecule has 1 heterocycles. The van der Waals surface area contributed by atoms with Gasteiger partial charge in [0.25, 0.3) is 5.56 Å². The zero-order valence-electron chi connectivity index (χ0n) is 17.4. The predicted molar refractivity (Wildman–Crippen MR) is 115 cm³/mol. The summed E-state index contributed by atoms with van der Waals surface area (Å²) in [5.74, 6) is -0.567. The van der Waals surface area contributed by atoms with Gasteiger partial charge in [0.15, 0.2) is 5.78 Å². The first-order valence-corrected chi connectivity index (χ1v) is 10.3. The molecule has 0 fully saturated rings. The quantitative estimate of drug-likeness (QED) is 0.781. The smallest absolute Gasteiger partial charge is 0.269 e. The lowest BCUT2D eigenvalue weighted by Crippen LogP contribution is -2.39. The highest BCUT2D eigenvalue weighted by atomic mass is 32.1. The second-order valence-electron chi connectivity index (χ2n) is 8.35. The molecule has 0 bridgehead atoms. The minimum Gasteiger partial charge on any atom is -0.354 e. The van der Waals surface area contributed by atoms with Crippen LogP contribution < -0.4 is 20.1 Å². The third-order valence-electron chi connectivity index (χ3n) is 4.09. The van der Waals surface area contributed by atoms with E-state index >= 15 is 0 Å². The van der Waals surface area contributed by atoms with Gasteiger partial charge in [-0.05, 0) is 29.7 Å². The molecule has 1 N–H and O–H groups in total. The van der Waals surface area contributed by atoms with Gasteiger partial charge < -0.3 is 5.32 Å². The summed E-state index contributed by atoms with van der Waals surface area (Å²) in [6.45, 7) is 9.64. The number of carbonyl (C=O) groups excluding carboxylic acids is 2. The summed E-state index contributed by atoms with van der Waals surface area (Å²) >= 11 is 1.11. The van der Waals surface area contributed by atoms with Crippen molar-refractivity contribution in [3.05, 3.63) is 55.2 Å². The highest BCUT2D eigenvalue weighted by Gasteiger charge is 2.20. The number of hydrogen-bond acceptors (Lipinski definition) is 4. The van der Waals surface area contributed by atoms with E-state index in [1.165, 1.54) is 22.8 Å². The molecule has 0 unspecified atom stereocenters. The minimum absolute atomic E-state index is 0.146. The van der Waals surface area contributed by atoms with Crippen LogP contribution in [0.2, 0.25) is 0 Å². The molecule has 0 saturated heterocycles. The van der Waals surface area contributed by atoms with Gasteiger partial charge in [0.2, 0.25) is 5.91 Å². The van der Waals surface area contributed by atoms with E-state index in [2.05, 4.69) is 5.32 Å². The molecule has 2 aromatic rings. The molecule has 0 spiro atoms. The van der Waals surface area contributed by atoms with Crippen molar-refractivity contribution in [2.75, 3.05) is 6.54 Å². The van der Waals surface area contributed by atoms with Gasteiger partial charge in [0.1, 0.15) is 17.0 Å². The van der Waals surface area contributed by atoms with Gasteiger partial charge in [-0.2, -0.15) is 0 Å². The van der Waals surface area contributed by atoms with Crippen LogP contribution in [0.1, 0.15) is 40.2 Å². The number of aromatic nitrogens is 1. The summed E-state index contributed by atoms with van der Waals surface area (Å²) in [5, 5.41) is 2.78. The van der Waals surface area contributed by atoms with Crippen LogP contribution in [0, 0.1) is 17.2 Å². The van der Waals surface area contributed by atoms with E-state index in [0.717, 1.165) is 11.3 Å². The van der Waals surface area contributed by atoms with E-state index in [1.807, 2.05) is 13.8 Å². The second-order valence-corrected chi connectivity index (χ2v) is 9.41. The van der Waals surface area contributed by atoms with Crippen molar-refractivity contribution in [3.63, 3.8) is 0 Å². The average Bonchev–Trinajstić information content (AvgIpc) is 2.88. The average molecular weight is 419 g/mol. The molecule has 0 aliphatic rings. The maximum Gasteiger partial charge on any atom is 0.269 e. The molecule has 0 atom stereocenters. The summed E-state index contributed by atoms with van der Waals surface area (Å²) in [7, 11) is 0. The van der Waals surface area contributed by atoms with E-state index in [9.17, 15) is 18.8 Å². The monoisotopic (exact) mass is 418 g/mol. The minimum atomic E-state index is -0.614. The Kier molecular flexibility index (Phi) is 7.30. The third kappa shape index (κ3) is 6.49. The molecule has 2 rings (SSSR count). The normalized spacial score (nSPS) is 13.2. The molecular formula is C22H27FN2O3S. The summed E-state index contributed by atoms with van der Waals surface area (Å²) in [4.78, 5) is 37.7. The molecule has 156 valence electrons. The topological polar surface area (TPSA) is 68.2 Å². The lowest BCUT2D eigenvalue weighted by Gasteiger charge is -2.13. The second kappa shape index (κ2) is 9.31. The lowest BCUT2D eigenvalue weighted by atomic mass is 9.91. The molecule has 0 aliphatic carbocycles. The Morgan fingerprint density at radius 1 is 1.28 bits per heavy atom. The number of Topliss-reactive ketones (excluding diaryl/α,β-unsaturated/α-hetero) is 1. The molecule has 1 amide bonds. The maximum absolute atomic E-state index is 13.5. The standard InChI is InChI=1S/C22H27FN2O3S/c1-14(2)12-24-19(27)13-25-20(11-18(26)22(3,4)5)29-17(21(25)28)10-15-7-6-8-16(23)9-15/h6-11,14H,12-13H2,1-5H3,(H,24,27)/b17-10+,20-11-. The molecule has 1 aromatic carbocycles. The van der Waals surface area contributed by atoms with Crippen molar-refractivity contribution in [1.82, 2.24) is 9.88 Å². The first kappa shape index (κ1) is 22.7. The number of rotatable bonds is 6. The molecule has 1 aromatic heterocycles. The van der Waals surface area contributed by atoms with Gasteiger partial charge in [-0.25, -0.2) is 4.39 Å². The van der Waals surface area contributed by atoms with Crippen LogP contribution >= 0.6 is 11.3 Å². The van der Waals surface area contributed by atoms with E-state index in [4.69, 9.17) is 0 Å². The highest BCUT2D eigenvalue weighted by molar-refractivity contribution is 7.07. The molecule has 29 heavy (non-hydrogen) atoms. The number of nitrogens with zero attached hydrogens (tertiary/aromatic N) is 1. The molecular weight excluding hydrogens is 391 g/mol. The number of amides is 1. The number of thiazole rings is 1. The van der Waals surface area contributed by atoms with Crippen molar-refractivity contribution in [2.45, 2.75) is 41.2 Å². The maximum atomic E-state index is 13.5. The number of nitrogens with one attached hydrogen (secondary N) is 1. The summed E-state index contributed by atoms with van der Waals surface area (Å²) in [5.41, 5.74) is -0.461. The lowest BCUT2D eigenvalue weighted by molar-refractivity contribution is -0.122. The fraction of sp³-hybridized carbons (Fsp3) is 0.409. The molecule has 5 nitrogen and oxygen atoms in total. The SMILES string of the molecule is CC(C)CNC(=O)Cn1c(=O)/c(=C\c2cccc(F)c2)s/c1=C\C(=O)C(C)(C)C. The van der Waals surface area contributed by atoms with Crippen molar-refractivity contribution < 1.29 is 14.0 Å². The van der Waals surface area contributed by atoms with Crippen LogP contribution in [0.3, 0.4) is 0 Å². The fourth-order valence-corrected chi connectivity index (χ4v) is 3.43. The van der Waals surface area contributed by atoms with Gasteiger partial charge >= 0.3 is 0 Å². The van der Waals surface area contributed by atoms with Crippen LogP contribution in [-0.2, 0) is 16.1 Å². The van der Waals surface area contributed by atoms with Gasteiger partial charge in [0, 0.05) is 18.0 Å². The van der Waals surface area contributed by atoms with Crippen LogP contribution in [0.4, 0.5) is 4.39 Å². The van der Waals surface area contributed by atoms with Crippen molar-refractivity contribution in [3.8, 4) is 0 Å². The molecule has 0 radical (unpaired) electrons. The largest absolute Gasteiger partial charge is 0.354 e. The van der Waals surface area contributed by atoms with E-state index in [1.54, 1.807) is 39.0 Å². The number of halogens is 1. The van der Waals surface area contributed by atoms with Gasteiger partial charge in [-0.15, -0.1) is 11.3 Å². The van der Waals surface area contributed by atoms with E-state index in [-0.39, 0.29) is 29.7 Å². The van der Waals surface area contributed by atoms with Crippen LogP contribution in [0.25, 0.3) is 12.2 Å². The first-order chi connectivity index (χ1) is 13.5. The summed E-state index contributed by atoms with van der Waals surface area (Å²) < 4.78 is 15.5. The zero-order valence-corrected chi connectivity index (χ0v) is 18.2. The zero-order chi connectivity index (χ0) is 21.8. The van der Waals surface area contributed by atoms with E-state index in [0.29, 0.717) is 21.3 Å². The Morgan fingerprint density at radius 2 is 1.97 bits per heavy atom. The van der Waals surface area contributed by atoms with Gasteiger partial charge in [-0.3, -0.25) is 19.0 Å². The molecule has 0 saturated carbocycles. The molecule has 7 heteroatoms. The summed E-state index contributed by atoms with van der Waals surface area (Å²) in [6.07, 6.45) is 2.97. The van der Waals surface area contributed by atoms with Crippen molar-refractivity contribution in [1.29, 1.82) is 0 Å². The first-order valence-electron chi connectivity index (χ1n) is 9.47. The molecule has 0 aliphatic heterocycles. The van der Waals surface area contributed by atoms with E-state index < -0.39 is 11.2 Å². The number of benzene rings is 1. The summed E-state index contributed by atoms with van der Waals surface area (Å²) in [6, 6.07) is 5.89. The number of hydrogen-bond donors (Lipinski definition) is 1.